The summed E-state index contributed by atoms with van der Waals surface area (Å²) in [5.74, 6) is -0.505. The summed E-state index contributed by atoms with van der Waals surface area (Å²) >= 11 is 0. The predicted octanol–water partition coefficient (Wildman–Crippen LogP) is 1.41. The van der Waals surface area contributed by atoms with Crippen molar-refractivity contribution in [2.75, 3.05) is 38.0 Å². The number of hydrogen-bond acceptors (Lipinski definition) is 6. The fraction of sp³-hybridized carbons (Fsp3) is 0.417. The molecule has 184 valence electrons. The Morgan fingerprint density at radius 3 is 2.38 bits per heavy atom. The van der Waals surface area contributed by atoms with Gasteiger partial charge >= 0.3 is 0 Å². The minimum absolute atomic E-state index is 0.0670. The zero-order valence-electron chi connectivity index (χ0n) is 19.8. The van der Waals surface area contributed by atoms with Gasteiger partial charge in [-0.1, -0.05) is 24.3 Å². The first-order chi connectivity index (χ1) is 16.1. The maximum atomic E-state index is 13.5. The molecule has 0 aliphatic carbocycles. The largest absolute Gasteiger partial charge is 0.351 e. The van der Waals surface area contributed by atoms with Crippen molar-refractivity contribution < 1.29 is 18.0 Å². The van der Waals surface area contributed by atoms with Crippen molar-refractivity contribution in [2.45, 2.75) is 37.8 Å². The fourth-order valence-corrected chi connectivity index (χ4v) is 6.18. The van der Waals surface area contributed by atoms with Crippen molar-refractivity contribution in [3.63, 3.8) is 0 Å². The molecule has 1 fully saturated rings. The van der Waals surface area contributed by atoms with Gasteiger partial charge in [0.15, 0.2) is 0 Å². The van der Waals surface area contributed by atoms with Crippen LogP contribution in [-0.2, 0) is 14.8 Å². The number of nitrogens with two attached hydrogens (primary N) is 1. The van der Waals surface area contributed by atoms with Gasteiger partial charge in [-0.3, -0.25) is 14.5 Å². The third kappa shape index (κ3) is 6.01. The maximum Gasteiger partial charge on any atom is 0.251 e. The lowest BCUT2D eigenvalue weighted by molar-refractivity contribution is -0.118. The van der Waals surface area contributed by atoms with Gasteiger partial charge in [-0.15, -0.1) is 0 Å². The minimum Gasteiger partial charge on any atom is -0.351 e. The summed E-state index contributed by atoms with van der Waals surface area (Å²) in [4.78, 5) is 26.9. The molecule has 0 radical (unpaired) electrons. The number of anilines is 1. The van der Waals surface area contributed by atoms with E-state index < -0.39 is 10.0 Å². The molecular weight excluding hydrogens is 454 g/mol. The van der Waals surface area contributed by atoms with E-state index in [4.69, 9.17) is 5.73 Å². The van der Waals surface area contributed by atoms with Crippen molar-refractivity contribution in [2.24, 2.45) is 5.73 Å². The van der Waals surface area contributed by atoms with Crippen LogP contribution in [-0.4, -0.2) is 74.2 Å². The van der Waals surface area contributed by atoms with E-state index in [1.807, 2.05) is 49.9 Å². The lowest BCUT2D eigenvalue weighted by Gasteiger charge is -2.43. The number of carbonyl (C=O) groups is 2. The van der Waals surface area contributed by atoms with Crippen molar-refractivity contribution in [3.8, 4) is 0 Å². The number of nitrogens with zero attached hydrogens (tertiary/aromatic N) is 2. The molecule has 9 nitrogen and oxygen atoms in total. The first-order valence-corrected chi connectivity index (χ1v) is 12.8. The van der Waals surface area contributed by atoms with E-state index in [1.165, 1.54) is 16.4 Å². The van der Waals surface area contributed by atoms with Gasteiger partial charge in [-0.05, 0) is 50.6 Å². The van der Waals surface area contributed by atoms with Crippen LogP contribution in [0.4, 0.5) is 5.69 Å². The van der Waals surface area contributed by atoms with Gasteiger partial charge < -0.3 is 16.4 Å². The second-order valence-electron chi connectivity index (χ2n) is 8.66. The highest BCUT2D eigenvalue weighted by molar-refractivity contribution is 7.89. The number of nitrogens with one attached hydrogen (secondary N) is 2. The average Bonchev–Trinajstić information content (AvgIpc) is 2.78. The number of hydrogen-bond donors (Lipinski definition) is 3. The number of para-hydroxylation sites is 1. The monoisotopic (exact) mass is 487 g/mol. The second-order valence-corrected chi connectivity index (χ2v) is 10.5. The highest BCUT2D eigenvalue weighted by Gasteiger charge is 2.39. The summed E-state index contributed by atoms with van der Waals surface area (Å²) in [6, 6.07) is 12.9. The molecule has 0 spiro atoms. The Morgan fingerprint density at radius 2 is 1.74 bits per heavy atom. The Morgan fingerprint density at radius 1 is 1.06 bits per heavy atom. The Bertz CT molecular complexity index is 1130. The highest BCUT2D eigenvalue weighted by Crippen LogP contribution is 2.26. The molecule has 1 saturated heterocycles. The fourth-order valence-electron chi connectivity index (χ4n) is 4.33. The van der Waals surface area contributed by atoms with Gasteiger partial charge in [-0.25, -0.2) is 8.42 Å². The number of benzene rings is 2. The topological polar surface area (TPSA) is 125 Å². The van der Waals surface area contributed by atoms with Crippen molar-refractivity contribution in [1.82, 2.24) is 14.5 Å². The van der Waals surface area contributed by atoms with Gasteiger partial charge in [0.25, 0.3) is 5.91 Å². The molecule has 1 aliphatic heterocycles. The smallest absolute Gasteiger partial charge is 0.251 e. The minimum atomic E-state index is -3.84. The van der Waals surface area contributed by atoms with E-state index in [0.717, 1.165) is 11.3 Å². The van der Waals surface area contributed by atoms with Crippen LogP contribution in [0.3, 0.4) is 0 Å². The molecule has 1 aliphatic rings. The molecule has 10 heteroatoms. The summed E-state index contributed by atoms with van der Waals surface area (Å²) in [6.45, 7) is 7.21. The van der Waals surface area contributed by atoms with Crippen LogP contribution in [0.5, 0.6) is 0 Å². The highest BCUT2D eigenvalue weighted by atomic mass is 32.2. The van der Waals surface area contributed by atoms with Crippen LogP contribution in [0, 0.1) is 6.92 Å². The third-order valence-corrected chi connectivity index (χ3v) is 7.93. The lowest BCUT2D eigenvalue weighted by atomic mass is 10.1. The number of rotatable bonds is 8. The van der Waals surface area contributed by atoms with E-state index in [-0.39, 0.29) is 40.9 Å². The van der Waals surface area contributed by atoms with Crippen LogP contribution >= 0.6 is 0 Å². The van der Waals surface area contributed by atoms with Crippen molar-refractivity contribution >= 4 is 27.5 Å². The second kappa shape index (κ2) is 11.1. The van der Waals surface area contributed by atoms with Crippen LogP contribution < -0.4 is 16.4 Å². The van der Waals surface area contributed by atoms with Crippen molar-refractivity contribution in [1.29, 1.82) is 0 Å². The molecule has 0 bridgehead atoms. The van der Waals surface area contributed by atoms with Gasteiger partial charge in [0, 0.05) is 49.5 Å². The van der Waals surface area contributed by atoms with E-state index in [2.05, 4.69) is 10.6 Å². The Kier molecular flexibility index (Phi) is 8.42. The summed E-state index contributed by atoms with van der Waals surface area (Å²) in [6.07, 6.45) is 0. The maximum absolute atomic E-state index is 13.5. The number of piperazine rings is 1. The molecule has 0 unspecified atom stereocenters. The molecule has 1 heterocycles. The van der Waals surface area contributed by atoms with Crippen LogP contribution in [0.1, 0.15) is 29.8 Å². The van der Waals surface area contributed by atoms with Gasteiger partial charge in [0.1, 0.15) is 0 Å². The van der Waals surface area contributed by atoms with Crippen molar-refractivity contribution in [3.05, 3.63) is 59.7 Å². The third-order valence-electron chi connectivity index (χ3n) is 5.80. The number of carbonyl (C=O) groups excluding carboxylic acids is 2. The molecule has 2 atom stereocenters. The van der Waals surface area contributed by atoms with Crippen LogP contribution in [0.25, 0.3) is 0 Å². The zero-order valence-corrected chi connectivity index (χ0v) is 20.6. The molecule has 34 heavy (non-hydrogen) atoms. The summed E-state index contributed by atoms with van der Waals surface area (Å²) in [7, 11) is -3.84. The first-order valence-electron chi connectivity index (χ1n) is 11.3. The van der Waals surface area contributed by atoms with E-state index in [9.17, 15) is 18.0 Å². The molecule has 3 rings (SSSR count). The molecule has 0 saturated carbocycles. The zero-order chi connectivity index (χ0) is 24.9. The van der Waals surface area contributed by atoms with Crippen LogP contribution in [0.2, 0.25) is 0 Å². The number of sulfonamides is 1. The lowest BCUT2D eigenvalue weighted by Crippen LogP contribution is -2.59. The summed E-state index contributed by atoms with van der Waals surface area (Å²) in [5, 5.41) is 5.58. The molecule has 0 aromatic heterocycles. The summed E-state index contributed by atoms with van der Waals surface area (Å²) < 4.78 is 28.4. The number of amides is 2. The van der Waals surface area contributed by atoms with E-state index in [0.29, 0.717) is 26.2 Å². The normalized spacial score (nSPS) is 19.5. The molecular formula is C24H33N5O4S. The standard InChI is InChI=1S/C24H33N5O4S/c1-17-7-4-5-10-22(17)27-23(30)16-28-14-18(2)29(19(3)15-28)34(32,33)21-9-6-8-20(13-21)24(31)26-12-11-25/h4-10,13,18-19H,11-12,14-16,25H2,1-3H3,(H,26,31)(H,27,30)/t18-,19+. The quantitative estimate of drug-likeness (QED) is 0.517. The van der Waals surface area contributed by atoms with E-state index >= 15 is 0 Å². The van der Waals surface area contributed by atoms with Crippen LogP contribution in [0.15, 0.2) is 53.4 Å². The van der Waals surface area contributed by atoms with E-state index in [1.54, 1.807) is 12.1 Å². The van der Waals surface area contributed by atoms with Gasteiger partial charge in [0.2, 0.25) is 15.9 Å². The SMILES string of the molecule is Cc1ccccc1NC(=O)CN1C[C@@H](C)N(S(=O)(=O)c2cccc(C(=O)NCCN)c2)[C@@H](C)C1. The molecule has 2 aromatic carbocycles. The first kappa shape index (κ1) is 25.8. The summed E-state index contributed by atoms with van der Waals surface area (Å²) in [5.41, 5.74) is 7.44. The molecule has 2 amide bonds. The average molecular weight is 488 g/mol. The van der Waals surface area contributed by atoms with Gasteiger partial charge in [-0.2, -0.15) is 4.31 Å². The Labute approximate surface area is 201 Å². The van der Waals surface area contributed by atoms with Gasteiger partial charge in [0.05, 0.1) is 11.4 Å². The Hall–Kier alpha value is -2.79. The molecule has 2 aromatic rings. The number of aryl methyl sites for hydroxylation is 1. The predicted molar refractivity (Wildman–Crippen MR) is 132 cm³/mol. The molecule has 4 N–H and O–H groups in total. The Balaban J connectivity index is 1.69.